The van der Waals surface area contributed by atoms with E-state index >= 15 is 0 Å². The first kappa shape index (κ1) is 11.4. The van der Waals surface area contributed by atoms with E-state index in [1.165, 1.54) is 39.0 Å². The molecule has 0 spiro atoms. The fraction of sp³-hybridized carbons (Fsp3) is 1.00. The molecule has 0 aromatic carbocycles. The van der Waals surface area contributed by atoms with E-state index in [1.807, 2.05) is 0 Å². The molecule has 1 unspecified atom stereocenters. The van der Waals surface area contributed by atoms with E-state index < -0.39 is 0 Å². The fourth-order valence-electron chi connectivity index (χ4n) is 2.53. The Bertz CT molecular complexity index is 198. The largest absolute Gasteiger partial charge is 0.363 e. The van der Waals surface area contributed by atoms with Crippen LogP contribution in [0.5, 0.6) is 0 Å². The molecule has 15 heavy (non-hydrogen) atoms. The molecule has 0 bridgehead atoms. The van der Waals surface area contributed by atoms with E-state index in [9.17, 15) is 0 Å². The number of piperazine rings is 1. The van der Waals surface area contributed by atoms with Crippen molar-refractivity contribution in [3.05, 3.63) is 0 Å². The summed E-state index contributed by atoms with van der Waals surface area (Å²) >= 11 is 0. The zero-order valence-corrected chi connectivity index (χ0v) is 10.3. The molecule has 0 amide bonds. The highest BCUT2D eigenvalue weighted by molar-refractivity contribution is 4.83. The van der Waals surface area contributed by atoms with Gasteiger partial charge in [-0.25, -0.2) is 0 Å². The van der Waals surface area contributed by atoms with Gasteiger partial charge in [-0.2, -0.15) is 0 Å². The molecule has 3 nitrogen and oxygen atoms in total. The lowest BCUT2D eigenvalue weighted by Gasteiger charge is -2.43. The van der Waals surface area contributed by atoms with Gasteiger partial charge in [-0.15, -0.1) is 0 Å². The summed E-state index contributed by atoms with van der Waals surface area (Å²) in [6.45, 7) is 12.6. The van der Waals surface area contributed by atoms with Gasteiger partial charge in [-0.1, -0.05) is 0 Å². The highest BCUT2D eigenvalue weighted by Crippen LogP contribution is 2.21. The molecular formula is C12H24N2O. The smallest absolute Gasteiger partial charge is 0.110 e. The predicted octanol–water partition coefficient (Wildman–Crippen LogP) is 1.54. The number of ether oxygens (including phenoxy) is 1. The summed E-state index contributed by atoms with van der Waals surface area (Å²) in [5, 5.41) is 0. The molecule has 1 atom stereocenters. The van der Waals surface area contributed by atoms with Gasteiger partial charge in [0.25, 0.3) is 0 Å². The van der Waals surface area contributed by atoms with Crippen LogP contribution in [-0.2, 0) is 4.74 Å². The quantitative estimate of drug-likeness (QED) is 0.656. The zero-order chi connectivity index (χ0) is 10.9. The monoisotopic (exact) mass is 212 g/mol. The molecule has 2 aliphatic rings. The van der Waals surface area contributed by atoms with Crippen LogP contribution in [0.2, 0.25) is 0 Å². The summed E-state index contributed by atoms with van der Waals surface area (Å²) < 4.78 is 5.72. The van der Waals surface area contributed by atoms with E-state index in [0.717, 1.165) is 6.61 Å². The number of hydrogen-bond donors (Lipinski definition) is 0. The fourth-order valence-corrected chi connectivity index (χ4v) is 2.53. The molecule has 2 aliphatic heterocycles. The highest BCUT2D eigenvalue weighted by Gasteiger charge is 2.30. The van der Waals surface area contributed by atoms with Crippen molar-refractivity contribution in [2.75, 3.05) is 32.8 Å². The minimum absolute atomic E-state index is 0.322. The van der Waals surface area contributed by atoms with Crippen molar-refractivity contribution >= 4 is 0 Å². The van der Waals surface area contributed by atoms with Gasteiger partial charge in [-0.05, 0) is 33.6 Å². The minimum Gasteiger partial charge on any atom is -0.363 e. The highest BCUT2D eigenvalue weighted by atomic mass is 16.5. The first-order valence-electron chi connectivity index (χ1n) is 6.18. The van der Waals surface area contributed by atoms with E-state index in [-0.39, 0.29) is 0 Å². The van der Waals surface area contributed by atoms with E-state index in [1.54, 1.807) is 0 Å². The van der Waals surface area contributed by atoms with Crippen LogP contribution >= 0.6 is 0 Å². The Hall–Kier alpha value is -0.120. The second kappa shape index (κ2) is 4.40. The SMILES string of the molecule is CC(C)(C)N1CCN(C2CCCO2)CC1. The molecule has 0 N–H and O–H groups in total. The van der Waals surface area contributed by atoms with Crippen LogP contribution in [0.4, 0.5) is 0 Å². The molecule has 3 heteroatoms. The Morgan fingerprint density at radius 3 is 2.20 bits per heavy atom. The van der Waals surface area contributed by atoms with E-state index in [4.69, 9.17) is 4.74 Å². The Morgan fingerprint density at radius 1 is 1.07 bits per heavy atom. The molecule has 2 fully saturated rings. The topological polar surface area (TPSA) is 15.7 Å². The van der Waals surface area contributed by atoms with E-state index in [2.05, 4.69) is 30.6 Å². The van der Waals surface area contributed by atoms with Crippen molar-refractivity contribution in [2.45, 2.75) is 45.4 Å². The summed E-state index contributed by atoms with van der Waals surface area (Å²) in [7, 11) is 0. The average Bonchev–Trinajstić information content (AvgIpc) is 2.69. The van der Waals surface area contributed by atoms with Gasteiger partial charge in [-0.3, -0.25) is 9.80 Å². The van der Waals surface area contributed by atoms with Gasteiger partial charge >= 0.3 is 0 Å². The maximum absolute atomic E-state index is 5.72. The summed E-state index contributed by atoms with van der Waals surface area (Å²) in [5.74, 6) is 0. The predicted molar refractivity (Wildman–Crippen MR) is 61.9 cm³/mol. The third-order valence-corrected chi connectivity index (χ3v) is 3.58. The number of nitrogens with zero attached hydrogens (tertiary/aromatic N) is 2. The van der Waals surface area contributed by atoms with Gasteiger partial charge in [0.05, 0.1) is 0 Å². The Kier molecular flexibility index (Phi) is 3.33. The summed E-state index contributed by atoms with van der Waals surface area (Å²) in [6, 6.07) is 0. The molecule has 2 heterocycles. The first-order chi connectivity index (χ1) is 7.07. The van der Waals surface area contributed by atoms with Crippen LogP contribution in [-0.4, -0.2) is 54.4 Å². The van der Waals surface area contributed by atoms with Crippen molar-refractivity contribution < 1.29 is 4.74 Å². The Balaban J connectivity index is 1.81. The Labute approximate surface area is 93.4 Å². The second-order valence-electron chi connectivity index (χ2n) is 5.66. The standard InChI is InChI=1S/C12H24N2O/c1-12(2,3)14-8-6-13(7-9-14)11-5-4-10-15-11/h11H,4-10H2,1-3H3. The zero-order valence-electron chi connectivity index (χ0n) is 10.3. The molecule has 2 saturated heterocycles. The molecular weight excluding hydrogens is 188 g/mol. The van der Waals surface area contributed by atoms with Gasteiger partial charge in [0.15, 0.2) is 0 Å². The molecule has 88 valence electrons. The molecule has 2 rings (SSSR count). The summed E-state index contributed by atoms with van der Waals surface area (Å²) in [4.78, 5) is 5.08. The van der Waals surface area contributed by atoms with Gasteiger partial charge in [0, 0.05) is 38.3 Å². The maximum atomic E-state index is 5.72. The van der Waals surface area contributed by atoms with Crippen LogP contribution in [0, 0.1) is 0 Å². The van der Waals surface area contributed by atoms with Gasteiger partial charge < -0.3 is 4.74 Å². The summed E-state index contributed by atoms with van der Waals surface area (Å²) in [5.41, 5.74) is 0.322. The van der Waals surface area contributed by atoms with Gasteiger partial charge in [0.2, 0.25) is 0 Å². The lowest BCUT2D eigenvalue weighted by Crippen LogP contribution is -2.55. The number of hydrogen-bond acceptors (Lipinski definition) is 3. The Morgan fingerprint density at radius 2 is 1.73 bits per heavy atom. The van der Waals surface area contributed by atoms with Crippen LogP contribution in [0.25, 0.3) is 0 Å². The second-order valence-corrected chi connectivity index (χ2v) is 5.66. The average molecular weight is 212 g/mol. The number of rotatable bonds is 1. The van der Waals surface area contributed by atoms with Crippen molar-refractivity contribution in [2.24, 2.45) is 0 Å². The van der Waals surface area contributed by atoms with Crippen LogP contribution in [0.1, 0.15) is 33.6 Å². The molecule has 0 aliphatic carbocycles. The lowest BCUT2D eigenvalue weighted by molar-refractivity contribution is -0.0541. The molecule has 0 aromatic heterocycles. The van der Waals surface area contributed by atoms with Crippen LogP contribution < -0.4 is 0 Å². The third-order valence-electron chi connectivity index (χ3n) is 3.58. The maximum Gasteiger partial charge on any atom is 0.110 e. The van der Waals surface area contributed by atoms with Crippen molar-refractivity contribution in [1.82, 2.24) is 9.80 Å². The first-order valence-corrected chi connectivity index (χ1v) is 6.18. The molecule has 0 radical (unpaired) electrons. The van der Waals surface area contributed by atoms with Crippen molar-refractivity contribution in [3.63, 3.8) is 0 Å². The van der Waals surface area contributed by atoms with Gasteiger partial charge in [0.1, 0.15) is 6.23 Å². The van der Waals surface area contributed by atoms with Crippen LogP contribution in [0.15, 0.2) is 0 Å². The molecule has 0 saturated carbocycles. The van der Waals surface area contributed by atoms with Crippen molar-refractivity contribution in [1.29, 1.82) is 0 Å². The normalized spacial score (nSPS) is 31.0. The van der Waals surface area contributed by atoms with Crippen LogP contribution in [0.3, 0.4) is 0 Å². The summed E-state index contributed by atoms with van der Waals surface area (Å²) in [6.07, 6.45) is 2.90. The van der Waals surface area contributed by atoms with Crippen molar-refractivity contribution in [3.8, 4) is 0 Å². The van der Waals surface area contributed by atoms with E-state index in [0.29, 0.717) is 11.8 Å². The lowest BCUT2D eigenvalue weighted by atomic mass is 10.0. The minimum atomic E-state index is 0.322. The third kappa shape index (κ3) is 2.71. The molecule has 0 aromatic rings.